The average Bonchev–Trinajstić information content (AvgIpc) is 3.30. The minimum absolute atomic E-state index is 0.0135. The zero-order valence-electron chi connectivity index (χ0n) is 11.3. The van der Waals surface area contributed by atoms with Crippen molar-refractivity contribution in [3.05, 3.63) is 59.2 Å². The fourth-order valence-corrected chi connectivity index (χ4v) is 3.63. The van der Waals surface area contributed by atoms with Crippen molar-refractivity contribution < 1.29 is 9.35 Å². The fraction of sp³-hybridized carbons (Fsp3) is 0.250. The van der Waals surface area contributed by atoms with Gasteiger partial charge in [0.15, 0.2) is 11.5 Å². The molecule has 1 heterocycles. The first-order chi connectivity index (χ1) is 10.1. The number of hydrogen-bond acceptors (Lipinski definition) is 3. The first-order valence-electron chi connectivity index (χ1n) is 6.71. The minimum atomic E-state index is -1.38. The molecule has 0 aliphatic heterocycles. The molecule has 21 heavy (non-hydrogen) atoms. The highest BCUT2D eigenvalue weighted by Gasteiger charge is 2.52. The van der Waals surface area contributed by atoms with Crippen molar-refractivity contribution in [2.75, 3.05) is 5.75 Å². The molecule has 0 N–H and O–H groups in total. The second kappa shape index (κ2) is 5.79. The highest BCUT2D eigenvalue weighted by molar-refractivity contribution is 7.92. The molecule has 3 nitrogen and oxygen atoms in total. The third kappa shape index (κ3) is 2.98. The van der Waals surface area contributed by atoms with E-state index in [1.807, 2.05) is 12.1 Å². The number of carbonyl (C=O) groups is 1. The fourth-order valence-electron chi connectivity index (χ4n) is 2.44. The third-order valence-corrected chi connectivity index (χ3v) is 5.30. The van der Waals surface area contributed by atoms with Crippen molar-refractivity contribution in [3.8, 4) is 0 Å². The maximum absolute atomic E-state index is 12.5. The molecule has 2 aromatic rings. The van der Waals surface area contributed by atoms with Gasteiger partial charge in [-0.15, -0.1) is 0 Å². The smallest absolute Gasteiger partial charge is 0.244 e. The van der Waals surface area contributed by atoms with E-state index in [4.69, 9.17) is 11.6 Å². The van der Waals surface area contributed by atoms with Crippen LogP contribution >= 0.6 is 11.6 Å². The van der Waals surface area contributed by atoms with Crippen molar-refractivity contribution in [3.63, 3.8) is 0 Å². The average molecular weight is 320 g/mol. The molecule has 3 rings (SSSR count). The van der Waals surface area contributed by atoms with Gasteiger partial charge in [0.05, 0.1) is 5.41 Å². The van der Waals surface area contributed by atoms with Crippen molar-refractivity contribution in [2.24, 2.45) is 0 Å². The van der Waals surface area contributed by atoms with Crippen LogP contribution < -0.4 is 0 Å². The van der Waals surface area contributed by atoms with Gasteiger partial charge in [-0.1, -0.05) is 29.8 Å². The van der Waals surface area contributed by atoms with Gasteiger partial charge in [-0.25, -0.2) is 4.98 Å². The van der Waals surface area contributed by atoms with Crippen LogP contribution in [0, 0.1) is 0 Å². The van der Waals surface area contributed by atoms with Gasteiger partial charge in [0.2, 0.25) is 5.03 Å². The number of ketones is 1. The summed E-state index contributed by atoms with van der Waals surface area (Å²) >= 11 is 4.50. The van der Waals surface area contributed by atoms with E-state index in [0.717, 1.165) is 18.4 Å². The largest absolute Gasteiger partial charge is 0.610 e. The SMILES string of the molecule is O=C(C[S+]([O-])c1ccccn1)C1(c2ccc(Cl)cc2)CC1. The summed E-state index contributed by atoms with van der Waals surface area (Å²) in [6.45, 7) is 0. The van der Waals surface area contributed by atoms with Crippen molar-refractivity contribution in [1.29, 1.82) is 0 Å². The molecule has 1 aliphatic carbocycles. The number of carbonyl (C=O) groups excluding carboxylic acids is 1. The van der Waals surface area contributed by atoms with E-state index >= 15 is 0 Å². The molecule has 0 bridgehead atoms. The summed E-state index contributed by atoms with van der Waals surface area (Å²) in [4.78, 5) is 16.6. The van der Waals surface area contributed by atoms with E-state index in [1.54, 1.807) is 36.5 Å². The Labute approximate surface area is 131 Å². The monoisotopic (exact) mass is 319 g/mol. The Kier molecular flexibility index (Phi) is 4.02. The normalized spacial score (nSPS) is 17.2. The quantitative estimate of drug-likeness (QED) is 0.796. The van der Waals surface area contributed by atoms with Crippen LogP contribution in [0.4, 0.5) is 0 Å². The number of rotatable bonds is 5. The van der Waals surface area contributed by atoms with E-state index in [0.29, 0.717) is 10.0 Å². The van der Waals surface area contributed by atoms with Gasteiger partial charge in [0, 0.05) is 28.5 Å². The van der Waals surface area contributed by atoms with Gasteiger partial charge in [-0.05, 0) is 36.6 Å². The predicted octanol–water partition coefficient (Wildman–Crippen LogP) is 3.14. The standard InChI is InChI=1S/C16H14ClNO2S/c17-13-6-4-12(5-7-13)16(8-9-16)14(19)11-21(20)15-3-1-2-10-18-15/h1-7,10H,8-9,11H2. The molecular formula is C16H14ClNO2S. The molecule has 5 heteroatoms. The van der Waals surface area contributed by atoms with E-state index < -0.39 is 16.6 Å². The number of benzene rings is 1. The van der Waals surface area contributed by atoms with Gasteiger partial charge in [-0.2, -0.15) is 0 Å². The zero-order valence-corrected chi connectivity index (χ0v) is 12.9. The van der Waals surface area contributed by atoms with Crippen LogP contribution in [0.25, 0.3) is 0 Å². The Balaban J connectivity index is 1.75. The highest BCUT2D eigenvalue weighted by Crippen LogP contribution is 2.49. The molecule has 1 aromatic heterocycles. The first kappa shape index (κ1) is 14.6. The summed E-state index contributed by atoms with van der Waals surface area (Å²) < 4.78 is 12.2. The number of Topliss-reactive ketones (excluding diaryl/α,β-unsaturated/α-hetero) is 1. The number of aromatic nitrogens is 1. The lowest BCUT2D eigenvalue weighted by atomic mass is 9.92. The van der Waals surface area contributed by atoms with Crippen LogP contribution in [-0.4, -0.2) is 21.1 Å². The molecule has 1 aliphatic rings. The number of pyridine rings is 1. The number of halogens is 1. The summed E-state index contributed by atoms with van der Waals surface area (Å²) in [5, 5.41) is 1.11. The molecule has 0 spiro atoms. The summed E-state index contributed by atoms with van der Waals surface area (Å²) in [5.41, 5.74) is 0.504. The Morgan fingerprint density at radius 2 is 1.95 bits per heavy atom. The lowest BCUT2D eigenvalue weighted by molar-refractivity contribution is -0.119. The van der Waals surface area contributed by atoms with E-state index in [1.165, 1.54) is 0 Å². The van der Waals surface area contributed by atoms with Gasteiger partial charge in [0.1, 0.15) is 0 Å². The van der Waals surface area contributed by atoms with E-state index in [-0.39, 0.29) is 11.5 Å². The van der Waals surface area contributed by atoms with E-state index in [9.17, 15) is 9.35 Å². The molecule has 1 fully saturated rings. The summed E-state index contributed by atoms with van der Waals surface area (Å²) in [7, 11) is 0. The first-order valence-corrected chi connectivity index (χ1v) is 8.40. The van der Waals surface area contributed by atoms with Crippen molar-refractivity contribution >= 4 is 28.6 Å². The van der Waals surface area contributed by atoms with Crippen molar-refractivity contribution in [2.45, 2.75) is 23.3 Å². The molecule has 1 atom stereocenters. The molecule has 1 saturated carbocycles. The summed E-state index contributed by atoms with van der Waals surface area (Å²) in [6, 6.07) is 12.6. The molecule has 0 amide bonds. The molecule has 0 radical (unpaired) electrons. The second-order valence-electron chi connectivity index (χ2n) is 5.17. The Hall–Kier alpha value is -1.36. The van der Waals surface area contributed by atoms with Gasteiger partial charge < -0.3 is 4.55 Å². The predicted molar refractivity (Wildman–Crippen MR) is 82.9 cm³/mol. The second-order valence-corrected chi connectivity index (χ2v) is 7.00. The zero-order chi connectivity index (χ0) is 14.9. The van der Waals surface area contributed by atoms with Crippen LogP contribution in [0.2, 0.25) is 5.02 Å². The number of hydrogen-bond donors (Lipinski definition) is 0. The lowest BCUT2D eigenvalue weighted by Crippen LogP contribution is -2.28. The number of nitrogens with zero attached hydrogens (tertiary/aromatic N) is 1. The lowest BCUT2D eigenvalue weighted by Gasteiger charge is -2.16. The van der Waals surface area contributed by atoms with Crippen LogP contribution in [0.3, 0.4) is 0 Å². The Morgan fingerprint density at radius 1 is 1.24 bits per heavy atom. The van der Waals surface area contributed by atoms with Crippen LogP contribution in [0.1, 0.15) is 18.4 Å². The van der Waals surface area contributed by atoms with Gasteiger partial charge in [-0.3, -0.25) is 4.79 Å². The molecule has 1 unspecified atom stereocenters. The molecule has 1 aromatic carbocycles. The van der Waals surface area contributed by atoms with Gasteiger partial charge in [0.25, 0.3) is 0 Å². The minimum Gasteiger partial charge on any atom is -0.610 e. The maximum Gasteiger partial charge on any atom is 0.244 e. The molecular weight excluding hydrogens is 306 g/mol. The topological polar surface area (TPSA) is 53.0 Å². The summed E-state index contributed by atoms with van der Waals surface area (Å²) in [5.74, 6) is 0.0356. The maximum atomic E-state index is 12.5. The van der Waals surface area contributed by atoms with Crippen LogP contribution in [-0.2, 0) is 21.4 Å². The molecule has 108 valence electrons. The van der Waals surface area contributed by atoms with E-state index in [2.05, 4.69) is 4.98 Å². The van der Waals surface area contributed by atoms with Crippen molar-refractivity contribution in [1.82, 2.24) is 4.98 Å². The van der Waals surface area contributed by atoms with Gasteiger partial charge >= 0.3 is 0 Å². The van der Waals surface area contributed by atoms with Crippen LogP contribution in [0.5, 0.6) is 0 Å². The summed E-state index contributed by atoms with van der Waals surface area (Å²) in [6.07, 6.45) is 3.21. The van der Waals surface area contributed by atoms with Crippen LogP contribution in [0.15, 0.2) is 53.7 Å². The Morgan fingerprint density at radius 3 is 2.52 bits per heavy atom. The highest BCUT2D eigenvalue weighted by atomic mass is 35.5. The molecule has 0 saturated heterocycles. The third-order valence-electron chi connectivity index (χ3n) is 3.81. The Bertz CT molecular complexity index is 641.